The predicted octanol–water partition coefficient (Wildman–Crippen LogP) is 7.78. The quantitative estimate of drug-likeness (QED) is 0.127. The number of halogens is 8. The molecule has 0 amide bonds. The summed E-state index contributed by atoms with van der Waals surface area (Å²) in [7, 11) is 0. The highest BCUT2D eigenvalue weighted by Gasteiger charge is 2.79. The van der Waals surface area contributed by atoms with Gasteiger partial charge in [-0.2, -0.15) is 35.1 Å². The van der Waals surface area contributed by atoms with Crippen LogP contribution in [0.5, 0.6) is 5.75 Å². The molecule has 0 atom stereocenters. The highest BCUT2D eigenvalue weighted by Crippen LogP contribution is 2.54. The fourth-order valence-electron chi connectivity index (χ4n) is 3.22. The number of esters is 1. The van der Waals surface area contributed by atoms with Gasteiger partial charge in [-0.25, -0.2) is 4.79 Å². The third kappa shape index (κ3) is 5.92. The third-order valence-corrected chi connectivity index (χ3v) is 6.58. The first kappa shape index (κ1) is 29.3. The number of aromatic nitrogens is 1. The zero-order chi connectivity index (χ0) is 28.4. The summed E-state index contributed by atoms with van der Waals surface area (Å²) in [6.07, 6.45) is -0.845. The van der Waals surface area contributed by atoms with Crippen LogP contribution in [0.3, 0.4) is 0 Å². The van der Waals surface area contributed by atoms with E-state index >= 15 is 0 Å². The molecule has 0 unspecified atom stereocenters. The first-order chi connectivity index (χ1) is 17.6. The Hall–Kier alpha value is -3.22. The Morgan fingerprint density at radius 1 is 0.947 bits per heavy atom. The number of hydrogen-bond donors (Lipinski definition) is 0. The van der Waals surface area contributed by atoms with E-state index in [0.717, 1.165) is 22.8 Å². The van der Waals surface area contributed by atoms with Gasteiger partial charge in [0.05, 0.1) is 26.1 Å². The van der Waals surface area contributed by atoms with Crippen molar-refractivity contribution < 1.29 is 49.4 Å². The monoisotopic (exact) mass is 567 g/mol. The SMILES string of the molecule is C=C(C)C(=O)OCCC(F)(F)C(F)(F)C(F)(F)C(F)(F)CCOc1ccc2cc(-c3cccnc3)sc2c1. The highest BCUT2D eigenvalue weighted by atomic mass is 32.1. The second kappa shape index (κ2) is 10.9. The van der Waals surface area contributed by atoms with Gasteiger partial charge in [0.1, 0.15) is 5.75 Å². The average molecular weight is 567 g/mol. The van der Waals surface area contributed by atoms with Crippen molar-refractivity contribution in [1.82, 2.24) is 4.98 Å². The third-order valence-electron chi connectivity index (χ3n) is 5.43. The van der Waals surface area contributed by atoms with E-state index in [0.29, 0.717) is 4.70 Å². The summed E-state index contributed by atoms with van der Waals surface area (Å²) in [5.74, 6) is -25.3. The summed E-state index contributed by atoms with van der Waals surface area (Å²) in [5, 5.41) is 0.772. The van der Waals surface area contributed by atoms with Crippen LogP contribution < -0.4 is 4.74 Å². The molecule has 0 saturated heterocycles. The van der Waals surface area contributed by atoms with Crippen LogP contribution >= 0.6 is 11.3 Å². The summed E-state index contributed by atoms with van der Waals surface area (Å²) in [5.41, 5.74) is 0.564. The van der Waals surface area contributed by atoms with Crippen LogP contribution in [0.1, 0.15) is 19.8 Å². The molecular weight excluding hydrogens is 546 g/mol. The number of thiophene rings is 1. The maximum absolute atomic E-state index is 14.2. The largest absolute Gasteiger partial charge is 0.493 e. The maximum Gasteiger partial charge on any atom is 0.378 e. The molecule has 2 aromatic heterocycles. The molecule has 4 nitrogen and oxygen atoms in total. The molecular formula is C25H21F8NO3S. The normalized spacial score (nSPS) is 13.0. The summed E-state index contributed by atoms with van der Waals surface area (Å²) in [4.78, 5) is 16.0. The lowest BCUT2D eigenvalue weighted by Gasteiger charge is -2.36. The minimum atomic E-state index is -6.46. The second-order valence-electron chi connectivity index (χ2n) is 8.37. The lowest BCUT2D eigenvalue weighted by molar-refractivity contribution is -0.368. The van der Waals surface area contributed by atoms with Gasteiger partial charge in [0.2, 0.25) is 0 Å². The molecule has 0 bridgehead atoms. The number of ether oxygens (including phenoxy) is 2. The van der Waals surface area contributed by atoms with Gasteiger partial charge in [-0.3, -0.25) is 4.98 Å². The van der Waals surface area contributed by atoms with Gasteiger partial charge in [-0.1, -0.05) is 12.6 Å². The van der Waals surface area contributed by atoms with Crippen LogP contribution in [0.15, 0.2) is 60.9 Å². The van der Waals surface area contributed by atoms with E-state index in [1.165, 1.54) is 23.5 Å². The molecule has 1 aromatic carbocycles. The van der Waals surface area contributed by atoms with E-state index in [9.17, 15) is 39.9 Å². The van der Waals surface area contributed by atoms with Crippen molar-refractivity contribution in [3.63, 3.8) is 0 Å². The number of hydrogen-bond acceptors (Lipinski definition) is 5. The van der Waals surface area contributed by atoms with Gasteiger partial charge in [0, 0.05) is 33.1 Å². The average Bonchev–Trinajstić information content (AvgIpc) is 3.27. The van der Waals surface area contributed by atoms with Crippen LogP contribution in [-0.2, 0) is 9.53 Å². The Kier molecular flexibility index (Phi) is 8.39. The molecule has 0 radical (unpaired) electrons. The van der Waals surface area contributed by atoms with Crippen LogP contribution in [-0.4, -0.2) is 47.9 Å². The molecule has 0 spiro atoms. The molecule has 13 heteroatoms. The van der Waals surface area contributed by atoms with Crippen LogP contribution in [0.25, 0.3) is 20.5 Å². The molecule has 0 fully saturated rings. The number of rotatable bonds is 12. The second-order valence-corrected chi connectivity index (χ2v) is 9.46. The molecule has 3 aromatic rings. The van der Waals surface area contributed by atoms with E-state index in [-0.39, 0.29) is 11.3 Å². The van der Waals surface area contributed by atoms with Crippen molar-refractivity contribution in [2.24, 2.45) is 0 Å². The smallest absolute Gasteiger partial charge is 0.378 e. The van der Waals surface area contributed by atoms with Crippen molar-refractivity contribution in [2.45, 2.75) is 43.5 Å². The van der Waals surface area contributed by atoms with E-state index in [1.807, 2.05) is 12.1 Å². The highest BCUT2D eigenvalue weighted by molar-refractivity contribution is 7.22. The number of fused-ring (bicyclic) bond motifs is 1. The predicted molar refractivity (Wildman–Crippen MR) is 125 cm³/mol. The van der Waals surface area contributed by atoms with E-state index in [4.69, 9.17) is 4.74 Å². The minimum Gasteiger partial charge on any atom is -0.493 e. The molecule has 0 aliphatic heterocycles. The molecule has 0 aliphatic carbocycles. The molecule has 2 heterocycles. The molecule has 0 saturated carbocycles. The van der Waals surface area contributed by atoms with Gasteiger partial charge in [-0.05, 0) is 42.6 Å². The molecule has 38 heavy (non-hydrogen) atoms. The lowest BCUT2D eigenvalue weighted by atomic mass is 9.95. The van der Waals surface area contributed by atoms with Crippen LogP contribution in [0.2, 0.25) is 0 Å². The van der Waals surface area contributed by atoms with Crippen molar-refractivity contribution in [2.75, 3.05) is 13.2 Å². The number of carbonyl (C=O) groups is 1. The number of nitrogens with zero attached hydrogens (tertiary/aromatic N) is 1. The van der Waals surface area contributed by atoms with Crippen LogP contribution in [0.4, 0.5) is 35.1 Å². The van der Waals surface area contributed by atoms with Crippen molar-refractivity contribution in [3.05, 3.63) is 60.9 Å². The molecule has 0 aliphatic rings. The van der Waals surface area contributed by atoms with Crippen molar-refractivity contribution >= 4 is 27.4 Å². The number of pyridine rings is 1. The summed E-state index contributed by atoms with van der Waals surface area (Å²) < 4.78 is 122. The van der Waals surface area contributed by atoms with Gasteiger partial charge in [0.25, 0.3) is 0 Å². The zero-order valence-corrected chi connectivity index (χ0v) is 20.6. The van der Waals surface area contributed by atoms with E-state index in [2.05, 4.69) is 16.3 Å². The first-order valence-electron chi connectivity index (χ1n) is 11.0. The van der Waals surface area contributed by atoms with Crippen LogP contribution in [0, 0.1) is 0 Å². The fraction of sp³-hybridized carbons (Fsp3) is 0.360. The Morgan fingerprint density at radius 2 is 1.58 bits per heavy atom. The Balaban J connectivity index is 1.65. The van der Waals surface area contributed by atoms with Gasteiger partial charge >= 0.3 is 29.7 Å². The van der Waals surface area contributed by atoms with E-state index < -0.39 is 55.7 Å². The van der Waals surface area contributed by atoms with Crippen molar-refractivity contribution in [1.29, 1.82) is 0 Å². The van der Waals surface area contributed by atoms with Gasteiger partial charge < -0.3 is 9.47 Å². The number of benzene rings is 1. The summed E-state index contributed by atoms with van der Waals surface area (Å²) >= 11 is 1.32. The summed E-state index contributed by atoms with van der Waals surface area (Å²) in [6, 6.07) is 9.81. The minimum absolute atomic E-state index is 0.00683. The van der Waals surface area contributed by atoms with Crippen molar-refractivity contribution in [3.8, 4) is 16.2 Å². The standard InChI is InChI=1S/C25H21F8NO3S/c1-15(2)21(35)37-11-8-23(28,29)25(32,33)24(30,31)22(26,27)7-10-36-18-6-5-16-12-19(38-20(16)13-18)17-4-3-9-34-14-17/h3-6,9,12-14H,1,7-8,10-11H2,2H3. The Labute approximate surface area is 215 Å². The van der Waals surface area contributed by atoms with E-state index in [1.54, 1.807) is 24.5 Å². The summed E-state index contributed by atoms with van der Waals surface area (Å²) in [6.45, 7) is 1.69. The molecule has 0 N–H and O–H groups in total. The molecule has 3 rings (SSSR count). The topological polar surface area (TPSA) is 48.4 Å². The lowest BCUT2D eigenvalue weighted by Crippen LogP contribution is -2.62. The Bertz CT molecular complexity index is 1290. The maximum atomic E-state index is 14.2. The molecule has 206 valence electrons. The van der Waals surface area contributed by atoms with Gasteiger partial charge in [-0.15, -0.1) is 11.3 Å². The van der Waals surface area contributed by atoms with Gasteiger partial charge in [0.15, 0.2) is 0 Å². The number of carbonyl (C=O) groups excluding carboxylic acids is 1. The first-order valence-corrected chi connectivity index (χ1v) is 11.8. The fourth-order valence-corrected chi connectivity index (χ4v) is 4.30. The zero-order valence-electron chi connectivity index (χ0n) is 19.8. The Morgan fingerprint density at radius 3 is 2.16 bits per heavy atom. The number of alkyl halides is 8.